The minimum absolute atomic E-state index is 0.0857. The molecule has 3 rings (SSSR count). The lowest BCUT2D eigenvalue weighted by molar-refractivity contribution is -0.139. The summed E-state index contributed by atoms with van der Waals surface area (Å²) in [5.41, 5.74) is 1.34. The maximum Gasteiger partial charge on any atom is 0.341 e. The number of hydrogen-bond acceptors (Lipinski definition) is 5. The van der Waals surface area contributed by atoms with Crippen LogP contribution in [0.2, 0.25) is 5.02 Å². The number of nitrogens with zero attached hydrogens (tertiary/aromatic N) is 3. The standard InChI is InChI=1S/C17H13ClFN3O4/c18-11-1-3-13(4-2-11)22-8-12(20-21-22)9-25-14-5-6-16(15(19)7-14)26-10-17(23)24/h1-8H,9-10H2,(H,23,24). The van der Waals surface area contributed by atoms with Crippen LogP contribution >= 0.6 is 11.6 Å². The summed E-state index contributed by atoms with van der Waals surface area (Å²) in [4.78, 5) is 10.4. The summed E-state index contributed by atoms with van der Waals surface area (Å²) in [6, 6.07) is 11.0. The van der Waals surface area contributed by atoms with Crippen molar-refractivity contribution in [1.29, 1.82) is 0 Å². The number of halogens is 2. The van der Waals surface area contributed by atoms with E-state index in [1.54, 1.807) is 35.1 Å². The molecule has 0 aliphatic heterocycles. The minimum atomic E-state index is -1.19. The van der Waals surface area contributed by atoms with Gasteiger partial charge >= 0.3 is 5.97 Å². The Bertz CT molecular complexity index is 915. The zero-order valence-electron chi connectivity index (χ0n) is 13.3. The Morgan fingerprint density at radius 2 is 1.96 bits per heavy atom. The van der Waals surface area contributed by atoms with Gasteiger partial charge in [0.15, 0.2) is 18.2 Å². The van der Waals surface area contributed by atoms with E-state index in [1.165, 1.54) is 12.1 Å². The Labute approximate surface area is 152 Å². The highest BCUT2D eigenvalue weighted by Gasteiger charge is 2.09. The molecule has 0 saturated carbocycles. The number of rotatable bonds is 7. The van der Waals surface area contributed by atoms with Crippen LogP contribution in [0.4, 0.5) is 4.39 Å². The molecule has 0 amide bonds. The molecule has 0 aliphatic rings. The van der Waals surface area contributed by atoms with Crippen LogP contribution in [0.3, 0.4) is 0 Å². The monoisotopic (exact) mass is 377 g/mol. The molecule has 0 aliphatic carbocycles. The summed E-state index contributed by atoms with van der Waals surface area (Å²) < 4.78 is 25.7. The first kappa shape index (κ1) is 17.7. The highest BCUT2D eigenvalue weighted by molar-refractivity contribution is 6.30. The smallest absolute Gasteiger partial charge is 0.341 e. The summed E-state index contributed by atoms with van der Waals surface area (Å²) >= 11 is 5.85. The van der Waals surface area contributed by atoms with Gasteiger partial charge in [-0.05, 0) is 36.4 Å². The molecule has 0 spiro atoms. The van der Waals surface area contributed by atoms with Gasteiger partial charge in [0.1, 0.15) is 18.1 Å². The molecule has 0 bridgehead atoms. The van der Waals surface area contributed by atoms with Gasteiger partial charge in [0, 0.05) is 11.1 Å². The number of carboxylic acids is 1. The molecule has 1 N–H and O–H groups in total. The molecule has 26 heavy (non-hydrogen) atoms. The number of carbonyl (C=O) groups is 1. The number of carboxylic acid groups (broad SMARTS) is 1. The van der Waals surface area contributed by atoms with Crippen molar-refractivity contribution in [3.05, 3.63) is 65.2 Å². The fourth-order valence-corrected chi connectivity index (χ4v) is 2.20. The van der Waals surface area contributed by atoms with E-state index in [9.17, 15) is 9.18 Å². The van der Waals surface area contributed by atoms with Gasteiger partial charge in [0.05, 0.1) is 11.9 Å². The summed E-state index contributed by atoms with van der Waals surface area (Å²) in [5.74, 6) is -1.80. The van der Waals surface area contributed by atoms with Crippen molar-refractivity contribution < 1.29 is 23.8 Å². The molecular formula is C17H13ClFN3O4. The Morgan fingerprint density at radius 1 is 1.19 bits per heavy atom. The van der Waals surface area contributed by atoms with Crippen LogP contribution < -0.4 is 9.47 Å². The largest absolute Gasteiger partial charge is 0.487 e. The van der Waals surface area contributed by atoms with Crippen molar-refractivity contribution in [2.75, 3.05) is 6.61 Å². The molecule has 1 aromatic heterocycles. The van der Waals surface area contributed by atoms with Gasteiger partial charge < -0.3 is 14.6 Å². The van der Waals surface area contributed by atoms with Gasteiger partial charge in [0.2, 0.25) is 0 Å². The molecule has 2 aromatic carbocycles. The van der Waals surface area contributed by atoms with Crippen LogP contribution in [0, 0.1) is 5.82 Å². The first-order valence-electron chi connectivity index (χ1n) is 7.45. The minimum Gasteiger partial charge on any atom is -0.487 e. The Balaban J connectivity index is 1.61. The second kappa shape index (κ2) is 7.83. The van der Waals surface area contributed by atoms with Crippen LogP contribution in [0.1, 0.15) is 5.69 Å². The van der Waals surface area contributed by atoms with E-state index >= 15 is 0 Å². The summed E-state index contributed by atoms with van der Waals surface area (Å²) in [5, 5.41) is 17.1. The predicted octanol–water partition coefficient (Wildman–Crippen LogP) is 3.10. The fraction of sp³-hybridized carbons (Fsp3) is 0.118. The average molecular weight is 378 g/mol. The highest BCUT2D eigenvalue weighted by atomic mass is 35.5. The first-order chi connectivity index (χ1) is 12.5. The van der Waals surface area contributed by atoms with Gasteiger partial charge in [-0.15, -0.1) is 5.10 Å². The molecule has 0 atom stereocenters. The van der Waals surface area contributed by atoms with E-state index in [0.717, 1.165) is 11.8 Å². The van der Waals surface area contributed by atoms with Crippen LogP contribution in [-0.2, 0) is 11.4 Å². The molecule has 7 nitrogen and oxygen atoms in total. The van der Waals surface area contributed by atoms with Gasteiger partial charge in [-0.2, -0.15) is 0 Å². The molecule has 3 aromatic rings. The lowest BCUT2D eigenvalue weighted by Gasteiger charge is -2.07. The first-order valence-corrected chi connectivity index (χ1v) is 7.83. The number of ether oxygens (including phenoxy) is 2. The van der Waals surface area contributed by atoms with E-state index in [-0.39, 0.29) is 18.1 Å². The van der Waals surface area contributed by atoms with Crippen molar-refractivity contribution in [2.24, 2.45) is 0 Å². The van der Waals surface area contributed by atoms with Gasteiger partial charge in [-0.25, -0.2) is 13.9 Å². The molecule has 134 valence electrons. The maximum absolute atomic E-state index is 13.8. The van der Waals surface area contributed by atoms with Crippen molar-refractivity contribution in [1.82, 2.24) is 15.0 Å². The molecule has 0 saturated heterocycles. The predicted molar refractivity (Wildman–Crippen MR) is 90.2 cm³/mol. The summed E-state index contributed by atoms with van der Waals surface area (Å²) in [6.45, 7) is -0.534. The molecule has 0 unspecified atom stereocenters. The zero-order valence-corrected chi connectivity index (χ0v) is 14.1. The quantitative estimate of drug-likeness (QED) is 0.680. The normalized spacial score (nSPS) is 10.5. The molecule has 0 radical (unpaired) electrons. The van der Waals surface area contributed by atoms with Gasteiger partial charge in [-0.3, -0.25) is 0 Å². The van der Waals surface area contributed by atoms with E-state index in [2.05, 4.69) is 10.3 Å². The van der Waals surface area contributed by atoms with Crippen molar-refractivity contribution in [2.45, 2.75) is 6.61 Å². The van der Waals surface area contributed by atoms with Crippen LogP contribution in [0.15, 0.2) is 48.7 Å². The van der Waals surface area contributed by atoms with E-state index in [4.69, 9.17) is 26.2 Å². The average Bonchev–Trinajstić information content (AvgIpc) is 3.08. The summed E-state index contributed by atoms with van der Waals surface area (Å²) in [6.07, 6.45) is 1.68. The second-order valence-electron chi connectivity index (χ2n) is 5.19. The lowest BCUT2D eigenvalue weighted by atomic mass is 10.3. The van der Waals surface area contributed by atoms with Gasteiger partial charge in [-0.1, -0.05) is 16.8 Å². The second-order valence-corrected chi connectivity index (χ2v) is 5.63. The lowest BCUT2D eigenvalue weighted by Crippen LogP contribution is -2.10. The highest BCUT2D eigenvalue weighted by Crippen LogP contribution is 2.23. The topological polar surface area (TPSA) is 86.5 Å². The molecule has 9 heteroatoms. The zero-order chi connectivity index (χ0) is 18.5. The Morgan fingerprint density at radius 3 is 2.65 bits per heavy atom. The Hall–Kier alpha value is -3.13. The number of hydrogen-bond donors (Lipinski definition) is 1. The van der Waals surface area contributed by atoms with Crippen molar-refractivity contribution in [3.63, 3.8) is 0 Å². The number of aliphatic carboxylic acids is 1. The van der Waals surface area contributed by atoms with E-state index in [0.29, 0.717) is 10.7 Å². The third-order valence-corrected chi connectivity index (χ3v) is 3.53. The summed E-state index contributed by atoms with van der Waals surface area (Å²) in [7, 11) is 0. The van der Waals surface area contributed by atoms with Gasteiger partial charge in [0.25, 0.3) is 0 Å². The molecule has 1 heterocycles. The van der Waals surface area contributed by atoms with E-state index < -0.39 is 18.4 Å². The SMILES string of the molecule is O=C(O)COc1ccc(OCc2cn(-c3ccc(Cl)cc3)nn2)cc1F. The van der Waals surface area contributed by atoms with Crippen LogP contribution in [0.5, 0.6) is 11.5 Å². The molecule has 0 fully saturated rings. The third kappa shape index (κ3) is 4.48. The van der Waals surface area contributed by atoms with Crippen molar-refractivity contribution >= 4 is 17.6 Å². The van der Waals surface area contributed by atoms with Crippen LogP contribution in [0.25, 0.3) is 5.69 Å². The van der Waals surface area contributed by atoms with Crippen molar-refractivity contribution in [3.8, 4) is 17.2 Å². The van der Waals surface area contributed by atoms with Crippen LogP contribution in [-0.4, -0.2) is 32.7 Å². The fourth-order valence-electron chi connectivity index (χ4n) is 2.07. The number of benzene rings is 2. The van der Waals surface area contributed by atoms with E-state index in [1.807, 2.05) is 0 Å². The number of aromatic nitrogens is 3. The third-order valence-electron chi connectivity index (χ3n) is 3.27. The maximum atomic E-state index is 13.8. The Kier molecular flexibility index (Phi) is 5.33. The molecular weight excluding hydrogens is 365 g/mol.